The van der Waals surface area contributed by atoms with Gasteiger partial charge in [0.15, 0.2) is 0 Å². The molecule has 1 saturated carbocycles. The average molecular weight is 743 g/mol. The van der Waals surface area contributed by atoms with Crippen LogP contribution in [0.4, 0.5) is 9.59 Å². The Kier molecular flexibility index (Phi) is 12.3. The maximum Gasteiger partial charge on any atom is 0.407 e. The Bertz CT molecular complexity index is 1760. The number of hydrogen-bond donors (Lipinski definition) is 4. The van der Waals surface area contributed by atoms with Crippen LogP contribution in [0.15, 0.2) is 48.9 Å². The Morgan fingerprint density at radius 2 is 1.28 bits per heavy atom. The van der Waals surface area contributed by atoms with Crippen LogP contribution >= 0.6 is 0 Å². The molecular weight excluding hydrogens is 685 g/mol. The van der Waals surface area contributed by atoms with Crippen molar-refractivity contribution < 1.29 is 23.9 Å². The van der Waals surface area contributed by atoms with E-state index in [2.05, 4.69) is 70.2 Å². The quantitative estimate of drug-likeness (QED) is 0.150. The van der Waals surface area contributed by atoms with E-state index in [1.165, 1.54) is 25.5 Å². The summed E-state index contributed by atoms with van der Waals surface area (Å²) in [4.78, 5) is 58.5. The highest BCUT2D eigenvalue weighted by Gasteiger charge is 2.38. The smallest absolute Gasteiger partial charge is 0.407 e. The van der Waals surface area contributed by atoms with Gasteiger partial charge in [-0.3, -0.25) is 4.79 Å². The second-order valence-electron chi connectivity index (χ2n) is 15.8. The summed E-state index contributed by atoms with van der Waals surface area (Å²) in [6.45, 7) is 13.9. The number of amides is 3. The number of ether oxygens (including phenoxy) is 2. The molecule has 0 spiro atoms. The van der Waals surface area contributed by atoms with Gasteiger partial charge in [0.2, 0.25) is 5.91 Å². The zero-order valence-corrected chi connectivity index (χ0v) is 32.7. The van der Waals surface area contributed by atoms with Crippen molar-refractivity contribution in [3.8, 4) is 11.3 Å². The molecule has 3 amide bonds. The van der Waals surface area contributed by atoms with Crippen molar-refractivity contribution in [2.75, 3.05) is 27.3 Å². The Morgan fingerprint density at radius 1 is 0.741 bits per heavy atom. The van der Waals surface area contributed by atoms with Crippen LogP contribution in [0.3, 0.4) is 0 Å². The zero-order valence-electron chi connectivity index (χ0n) is 32.7. The monoisotopic (exact) mass is 742 g/mol. The summed E-state index contributed by atoms with van der Waals surface area (Å²) in [6, 6.07) is 7.88. The molecule has 292 valence electrons. The lowest BCUT2D eigenvalue weighted by atomic mass is 9.77. The largest absolute Gasteiger partial charge is 0.453 e. The topological polar surface area (TPSA) is 158 Å². The molecule has 2 saturated heterocycles. The third-order valence-corrected chi connectivity index (χ3v) is 11.7. The SMILES string of the molecule is C=C([C@@H](NC(=O)OC)C(C)C)N1CCC[C@H]1c1ncc(C2CCC(c3ccc(-c4cnc([C@@H]5CCCN5C(=O)[C@@H](NC(=O)OC)C(C)C)[nH]4)cc3)CC2)[nH]1. The van der Waals surface area contributed by atoms with Crippen LogP contribution < -0.4 is 10.6 Å². The predicted octanol–water partition coefficient (Wildman–Crippen LogP) is 7.32. The molecule has 4 N–H and O–H groups in total. The van der Waals surface area contributed by atoms with Crippen LogP contribution in [0.1, 0.15) is 126 Å². The number of methoxy groups -OCH3 is 2. The number of aromatic amines is 2. The number of likely N-dealkylation sites (tertiary alicyclic amines) is 2. The van der Waals surface area contributed by atoms with Gasteiger partial charge in [0.25, 0.3) is 0 Å². The normalized spacial score (nSPS) is 22.7. The van der Waals surface area contributed by atoms with Gasteiger partial charge in [0.1, 0.15) is 17.7 Å². The maximum absolute atomic E-state index is 13.5. The summed E-state index contributed by atoms with van der Waals surface area (Å²) in [7, 11) is 2.69. The van der Waals surface area contributed by atoms with E-state index in [-0.39, 0.29) is 35.9 Å². The fourth-order valence-corrected chi connectivity index (χ4v) is 8.64. The van der Waals surface area contributed by atoms with Crippen molar-refractivity contribution in [2.45, 2.75) is 115 Å². The molecule has 3 aliphatic rings. The summed E-state index contributed by atoms with van der Waals surface area (Å²) in [6.07, 6.45) is 11.0. The van der Waals surface area contributed by atoms with E-state index < -0.39 is 18.2 Å². The standard InChI is InChI=1S/C41H58N8O5/c1-24(2)35(46-40(51)53-6)26(5)48-20-8-10-33(48)37-42-22-31(44-37)29-16-12-27(13-17-29)28-14-18-30(19-15-28)32-23-43-38(45-32)34-11-9-21-49(34)39(50)36(25(3)4)47-41(52)54-7/h14-15,18-19,22-25,27,29,33-36H,5,8-13,16-17,20-21H2,1-4,6-7H3,(H,42,44)(H,43,45)(H,46,51)(H,47,52)/t27?,29?,33-,34-,35-,36-/m0/s1. The van der Waals surface area contributed by atoms with E-state index in [1.54, 1.807) is 0 Å². The van der Waals surface area contributed by atoms with Crippen LogP contribution in [-0.2, 0) is 14.3 Å². The second-order valence-corrected chi connectivity index (χ2v) is 15.8. The number of alkyl carbamates (subject to hydrolysis) is 2. The van der Waals surface area contributed by atoms with Gasteiger partial charge >= 0.3 is 12.2 Å². The van der Waals surface area contributed by atoms with E-state index >= 15 is 0 Å². The summed E-state index contributed by atoms with van der Waals surface area (Å²) >= 11 is 0. The molecule has 54 heavy (non-hydrogen) atoms. The summed E-state index contributed by atoms with van der Waals surface area (Å²) < 4.78 is 9.64. The van der Waals surface area contributed by atoms with Crippen LogP contribution in [0, 0.1) is 11.8 Å². The Morgan fingerprint density at radius 3 is 1.89 bits per heavy atom. The minimum absolute atomic E-state index is 0.0837. The molecule has 0 radical (unpaired) electrons. The molecule has 4 atom stereocenters. The lowest BCUT2D eigenvalue weighted by molar-refractivity contribution is -0.135. The fourth-order valence-electron chi connectivity index (χ4n) is 8.64. The zero-order chi connectivity index (χ0) is 38.5. The molecular formula is C41H58N8O5. The van der Waals surface area contributed by atoms with Gasteiger partial charge in [0, 0.05) is 36.6 Å². The fraction of sp³-hybridized carbons (Fsp3) is 0.585. The molecule has 2 aromatic heterocycles. The minimum Gasteiger partial charge on any atom is -0.453 e. The number of carbonyl (C=O) groups excluding carboxylic acids is 3. The van der Waals surface area contributed by atoms with E-state index in [4.69, 9.17) is 19.4 Å². The first-order chi connectivity index (χ1) is 26.0. The number of benzene rings is 1. The molecule has 3 fully saturated rings. The predicted molar refractivity (Wildman–Crippen MR) is 206 cm³/mol. The lowest BCUT2D eigenvalue weighted by Crippen LogP contribution is -2.51. The minimum atomic E-state index is -0.664. The summed E-state index contributed by atoms with van der Waals surface area (Å²) in [5, 5.41) is 5.68. The molecule has 0 unspecified atom stereocenters. The van der Waals surface area contributed by atoms with E-state index in [0.717, 1.165) is 86.5 Å². The Hall–Kier alpha value is -4.81. The van der Waals surface area contributed by atoms with Gasteiger partial charge in [-0.15, -0.1) is 0 Å². The molecule has 4 heterocycles. The second kappa shape index (κ2) is 17.1. The first kappa shape index (κ1) is 38.9. The average Bonchev–Trinajstić information content (AvgIpc) is 4.02. The highest BCUT2D eigenvalue weighted by molar-refractivity contribution is 5.86. The number of H-pyrrole nitrogens is 2. The van der Waals surface area contributed by atoms with E-state index in [1.807, 2.05) is 31.1 Å². The third kappa shape index (κ3) is 8.44. The van der Waals surface area contributed by atoms with E-state index in [9.17, 15) is 14.4 Å². The first-order valence-electron chi connectivity index (χ1n) is 19.6. The highest BCUT2D eigenvalue weighted by atomic mass is 16.5. The number of nitrogens with one attached hydrogen (secondary N) is 4. The van der Waals surface area contributed by atoms with Gasteiger partial charge in [-0.1, -0.05) is 58.5 Å². The van der Waals surface area contributed by atoms with Gasteiger partial charge in [-0.2, -0.15) is 0 Å². The number of hydrogen-bond acceptors (Lipinski definition) is 8. The van der Waals surface area contributed by atoms with Crippen molar-refractivity contribution in [3.63, 3.8) is 0 Å². The van der Waals surface area contributed by atoms with Gasteiger partial charge < -0.3 is 39.9 Å². The molecule has 3 aromatic rings. The Balaban J connectivity index is 1.04. The van der Waals surface area contributed by atoms with Crippen molar-refractivity contribution in [2.24, 2.45) is 11.8 Å². The van der Waals surface area contributed by atoms with Gasteiger partial charge in [-0.05, 0) is 80.2 Å². The first-order valence-corrected chi connectivity index (χ1v) is 19.6. The van der Waals surface area contributed by atoms with Crippen molar-refractivity contribution in [3.05, 3.63) is 71.8 Å². The van der Waals surface area contributed by atoms with Crippen LogP contribution in [0.2, 0.25) is 0 Å². The van der Waals surface area contributed by atoms with Crippen molar-refractivity contribution in [1.82, 2.24) is 40.4 Å². The lowest BCUT2D eigenvalue weighted by Gasteiger charge is -2.34. The molecule has 0 bridgehead atoms. The summed E-state index contributed by atoms with van der Waals surface area (Å²) in [5.41, 5.74) is 5.44. The maximum atomic E-state index is 13.5. The number of imidazole rings is 2. The molecule has 13 heteroatoms. The molecule has 6 rings (SSSR count). The highest BCUT2D eigenvalue weighted by Crippen LogP contribution is 2.42. The molecule has 1 aliphatic carbocycles. The van der Waals surface area contributed by atoms with Crippen LogP contribution in [0.25, 0.3) is 11.3 Å². The van der Waals surface area contributed by atoms with Crippen molar-refractivity contribution in [1.29, 1.82) is 0 Å². The van der Waals surface area contributed by atoms with Crippen molar-refractivity contribution >= 4 is 18.1 Å². The van der Waals surface area contributed by atoms with Crippen LogP contribution in [-0.4, -0.2) is 87.2 Å². The number of aromatic nitrogens is 4. The molecule has 2 aliphatic heterocycles. The Labute approximate surface area is 319 Å². The van der Waals surface area contributed by atoms with Gasteiger partial charge in [0.05, 0.1) is 44.2 Å². The number of nitrogens with zero attached hydrogens (tertiary/aromatic N) is 4. The van der Waals surface area contributed by atoms with Crippen LogP contribution in [0.5, 0.6) is 0 Å². The number of carbonyl (C=O) groups is 3. The summed E-state index contributed by atoms with van der Waals surface area (Å²) in [5.74, 6) is 2.67. The third-order valence-electron chi connectivity index (χ3n) is 11.7. The molecule has 13 nitrogen and oxygen atoms in total. The number of rotatable bonds is 12. The van der Waals surface area contributed by atoms with Gasteiger partial charge in [-0.25, -0.2) is 19.6 Å². The van der Waals surface area contributed by atoms with E-state index in [0.29, 0.717) is 18.4 Å². The molecule has 1 aromatic carbocycles.